The Hall–Kier alpha value is -2.13. The maximum absolute atomic E-state index is 4.13. The number of benzene rings is 1. The van der Waals surface area contributed by atoms with Crippen LogP contribution < -0.4 is 10.6 Å². The highest BCUT2D eigenvalue weighted by Crippen LogP contribution is 2.36. The first-order chi connectivity index (χ1) is 10.4. The molecule has 1 aliphatic heterocycles. The standard InChI is InChI=1S/C18H21N3/c1-19-17-6-2-5-16(14-7-11-21-12-8-14)18(17)15-4-3-10-20-13-9-15/h2,4-8,11-12,19-20H,3,9-10,13H2,1H3. The highest BCUT2D eigenvalue weighted by Gasteiger charge is 2.14. The van der Waals surface area contributed by atoms with E-state index in [4.69, 9.17) is 0 Å². The molecule has 2 aromatic rings. The van der Waals surface area contributed by atoms with Crippen molar-refractivity contribution in [1.29, 1.82) is 0 Å². The zero-order valence-electron chi connectivity index (χ0n) is 12.4. The number of pyridine rings is 1. The van der Waals surface area contributed by atoms with E-state index in [-0.39, 0.29) is 0 Å². The topological polar surface area (TPSA) is 37.0 Å². The van der Waals surface area contributed by atoms with Crippen molar-refractivity contribution in [1.82, 2.24) is 10.3 Å². The Morgan fingerprint density at radius 2 is 1.95 bits per heavy atom. The first-order valence-electron chi connectivity index (χ1n) is 7.51. The lowest BCUT2D eigenvalue weighted by Crippen LogP contribution is -2.14. The lowest BCUT2D eigenvalue weighted by molar-refractivity contribution is 0.718. The molecule has 0 radical (unpaired) electrons. The second-order valence-corrected chi connectivity index (χ2v) is 5.23. The fourth-order valence-electron chi connectivity index (χ4n) is 2.90. The van der Waals surface area contributed by atoms with Crippen LogP contribution in [-0.2, 0) is 0 Å². The minimum atomic E-state index is 1.04. The third-order valence-corrected chi connectivity index (χ3v) is 3.93. The molecule has 0 aliphatic carbocycles. The summed E-state index contributed by atoms with van der Waals surface area (Å²) in [6.45, 7) is 2.11. The predicted molar refractivity (Wildman–Crippen MR) is 89.3 cm³/mol. The molecule has 3 nitrogen and oxygen atoms in total. The van der Waals surface area contributed by atoms with Crippen LogP contribution in [0.2, 0.25) is 0 Å². The summed E-state index contributed by atoms with van der Waals surface area (Å²) in [5, 5.41) is 6.81. The van der Waals surface area contributed by atoms with E-state index in [1.165, 1.54) is 28.0 Å². The van der Waals surface area contributed by atoms with Crippen molar-refractivity contribution < 1.29 is 0 Å². The van der Waals surface area contributed by atoms with E-state index in [0.29, 0.717) is 0 Å². The molecule has 0 saturated carbocycles. The van der Waals surface area contributed by atoms with Gasteiger partial charge in [-0.05, 0) is 60.8 Å². The Kier molecular flexibility index (Phi) is 4.31. The van der Waals surface area contributed by atoms with Crippen molar-refractivity contribution in [3.05, 3.63) is 54.4 Å². The van der Waals surface area contributed by atoms with E-state index in [0.717, 1.165) is 25.9 Å². The quantitative estimate of drug-likeness (QED) is 0.902. The van der Waals surface area contributed by atoms with Gasteiger partial charge in [-0.25, -0.2) is 0 Å². The number of nitrogens with one attached hydrogen (secondary N) is 2. The van der Waals surface area contributed by atoms with E-state index in [9.17, 15) is 0 Å². The first-order valence-corrected chi connectivity index (χ1v) is 7.51. The van der Waals surface area contributed by atoms with Gasteiger partial charge in [0.2, 0.25) is 0 Å². The van der Waals surface area contributed by atoms with E-state index in [2.05, 4.69) is 52.0 Å². The molecule has 3 rings (SSSR count). The lowest BCUT2D eigenvalue weighted by atomic mass is 9.91. The molecule has 1 aromatic carbocycles. The van der Waals surface area contributed by atoms with Crippen LogP contribution in [0.5, 0.6) is 0 Å². The number of anilines is 1. The molecule has 0 saturated heterocycles. The van der Waals surface area contributed by atoms with Gasteiger partial charge in [0.05, 0.1) is 0 Å². The van der Waals surface area contributed by atoms with Crippen molar-refractivity contribution >= 4 is 11.3 Å². The minimum Gasteiger partial charge on any atom is -0.388 e. The molecule has 0 unspecified atom stereocenters. The number of rotatable bonds is 3. The molecule has 0 amide bonds. The molecule has 3 heteroatoms. The average Bonchev–Trinajstić information content (AvgIpc) is 2.84. The van der Waals surface area contributed by atoms with Crippen LogP contribution >= 0.6 is 0 Å². The minimum absolute atomic E-state index is 1.04. The molecule has 0 fully saturated rings. The highest BCUT2D eigenvalue weighted by molar-refractivity contribution is 5.88. The van der Waals surface area contributed by atoms with E-state index in [1.807, 2.05) is 19.4 Å². The third kappa shape index (κ3) is 2.98. The fraction of sp³-hybridized carbons (Fsp3) is 0.278. The van der Waals surface area contributed by atoms with Crippen LogP contribution in [0.25, 0.3) is 16.7 Å². The van der Waals surface area contributed by atoms with Gasteiger partial charge >= 0.3 is 0 Å². The monoisotopic (exact) mass is 279 g/mol. The largest absolute Gasteiger partial charge is 0.388 e. The van der Waals surface area contributed by atoms with Crippen LogP contribution in [0, 0.1) is 0 Å². The predicted octanol–water partition coefficient (Wildman–Crippen LogP) is 3.56. The second kappa shape index (κ2) is 6.55. The number of hydrogen-bond acceptors (Lipinski definition) is 3. The van der Waals surface area contributed by atoms with Gasteiger partial charge in [0, 0.05) is 30.7 Å². The van der Waals surface area contributed by atoms with Crippen molar-refractivity contribution in [3.8, 4) is 11.1 Å². The average molecular weight is 279 g/mol. The molecular weight excluding hydrogens is 258 g/mol. The Morgan fingerprint density at radius 1 is 1.10 bits per heavy atom. The Bertz CT molecular complexity index is 632. The molecular formula is C18H21N3. The molecule has 1 aromatic heterocycles. The summed E-state index contributed by atoms with van der Waals surface area (Å²) >= 11 is 0. The second-order valence-electron chi connectivity index (χ2n) is 5.23. The summed E-state index contributed by atoms with van der Waals surface area (Å²) in [7, 11) is 1.99. The molecule has 0 spiro atoms. The van der Waals surface area contributed by atoms with Gasteiger partial charge in [-0.3, -0.25) is 4.98 Å². The maximum Gasteiger partial charge on any atom is 0.0420 e. The SMILES string of the molecule is CNc1cccc(-c2ccncc2)c1C1=CCCNCC1. The molecule has 1 aliphatic rings. The van der Waals surface area contributed by atoms with Gasteiger partial charge in [0.15, 0.2) is 0 Å². The summed E-state index contributed by atoms with van der Waals surface area (Å²) in [5.41, 5.74) is 6.44. The van der Waals surface area contributed by atoms with Crippen molar-refractivity contribution in [2.75, 3.05) is 25.5 Å². The molecule has 0 bridgehead atoms. The van der Waals surface area contributed by atoms with Crippen LogP contribution in [0.4, 0.5) is 5.69 Å². The smallest absolute Gasteiger partial charge is 0.0420 e. The summed E-state index contributed by atoms with van der Waals surface area (Å²) in [5.74, 6) is 0. The fourth-order valence-corrected chi connectivity index (χ4v) is 2.90. The summed E-state index contributed by atoms with van der Waals surface area (Å²) in [4.78, 5) is 4.13. The van der Waals surface area contributed by atoms with Gasteiger partial charge in [-0.2, -0.15) is 0 Å². The van der Waals surface area contributed by atoms with Crippen LogP contribution in [-0.4, -0.2) is 25.1 Å². The molecule has 108 valence electrons. The summed E-state index contributed by atoms with van der Waals surface area (Å²) in [6.07, 6.45) is 8.24. The van der Waals surface area contributed by atoms with Crippen molar-refractivity contribution in [3.63, 3.8) is 0 Å². The number of nitrogens with zero attached hydrogens (tertiary/aromatic N) is 1. The van der Waals surface area contributed by atoms with Crippen LogP contribution in [0.1, 0.15) is 18.4 Å². The molecule has 21 heavy (non-hydrogen) atoms. The van der Waals surface area contributed by atoms with Gasteiger partial charge in [-0.1, -0.05) is 18.2 Å². The van der Waals surface area contributed by atoms with E-state index in [1.54, 1.807) is 0 Å². The Balaban J connectivity index is 2.14. The number of aromatic nitrogens is 1. The Morgan fingerprint density at radius 3 is 2.76 bits per heavy atom. The Labute approximate surface area is 126 Å². The van der Waals surface area contributed by atoms with Gasteiger partial charge in [0.1, 0.15) is 0 Å². The lowest BCUT2D eigenvalue weighted by Gasteiger charge is -2.17. The molecule has 2 N–H and O–H groups in total. The highest BCUT2D eigenvalue weighted by atomic mass is 14.9. The normalized spacial score (nSPS) is 15.2. The number of hydrogen-bond donors (Lipinski definition) is 2. The molecule has 0 atom stereocenters. The van der Waals surface area contributed by atoms with Gasteiger partial charge < -0.3 is 10.6 Å². The maximum atomic E-state index is 4.13. The van der Waals surface area contributed by atoms with E-state index < -0.39 is 0 Å². The zero-order valence-corrected chi connectivity index (χ0v) is 12.4. The summed E-state index contributed by atoms with van der Waals surface area (Å²) < 4.78 is 0. The van der Waals surface area contributed by atoms with Crippen molar-refractivity contribution in [2.24, 2.45) is 0 Å². The van der Waals surface area contributed by atoms with Crippen LogP contribution in [0.3, 0.4) is 0 Å². The zero-order chi connectivity index (χ0) is 14.5. The summed E-state index contributed by atoms with van der Waals surface area (Å²) in [6, 6.07) is 10.6. The van der Waals surface area contributed by atoms with Gasteiger partial charge in [0.25, 0.3) is 0 Å². The van der Waals surface area contributed by atoms with E-state index >= 15 is 0 Å². The van der Waals surface area contributed by atoms with Crippen molar-refractivity contribution in [2.45, 2.75) is 12.8 Å². The third-order valence-electron chi connectivity index (χ3n) is 3.93. The van der Waals surface area contributed by atoms with Gasteiger partial charge in [-0.15, -0.1) is 0 Å². The van der Waals surface area contributed by atoms with Crippen LogP contribution in [0.15, 0.2) is 48.8 Å². The molecule has 2 heterocycles. The first kappa shape index (κ1) is 13.8.